The normalized spacial score (nSPS) is 10.6. The molecule has 2 aromatic heterocycles. The van der Waals surface area contributed by atoms with Crippen LogP contribution >= 0.6 is 23.1 Å². The van der Waals surface area contributed by atoms with Gasteiger partial charge in [-0.2, -0.15) is 0 Å². The fourth-order valence-corrected chi connectivity index (χ4v) is 4.54. The third-order valence-corrected chi connectivity index (χ3v) is 6.42. The van der Waals surface area contributed by atoms with Crippen LogP contribution in [0.1, 0.15) is 10.4 Å². The number of thioether (sulfide) groups is 1. The Morgan fingerprint density at radius 3 is 2.52 bits per heavy atom. The first-order chi connectivity index (χ1) is 16.1. The first kappa shape index (κ1) is 22.6. The number of rotatable bonds is 8. The molecule has 0 bridgehead atoms. The SMILES string of the molecule is COC(=O)c1ccc(NC(=O)CSc2nnc(-c3cccs3)n2-c2ccccc2OC)cc1. The average Bonchev–Trinajstić information content (AvgIpc) is 3.52. The summed E-state index contributed by atoms with van der Waals surface area (Å²) in [7, 11) is 2.93. The highest BCUT2D eigenvalue weighted by atomic mass is 32.2. The van der Waals surface area contributed by atoms with Gasteiger partial charge >= 0.3 is 5.97 Å². The van der Waals surface area contributed by atoms with E-state index in [-0.39, 0.29) is 11.7 Å². The summed E-state index contributed by atoms with van der Waals surface area (Å²) in [5, 5.41) is 14.1. The van der Waals surface area contributed by atoms with Gasteiger partial charge in [0.25, 0.3) is 0 Å². The van der Waals surface area contributed by atoms with Crippen molar-refractivity contribution in [3.63, 3.8) is 0 Å². The number of nitrogens with zero attached hydrogens (tertiary/aromatic N) is 3. The number of carbonyl (C=O) groups excluding carboxylic acids is 2. The maximum absolute atomic E-state index is 12.6. The van der Waals surface area contributed by atoms with Crippen LogP contribution in [-0.4, -0.2) is 46.6 Å². The molecule has 0 saturated carbocycles. The van der Waals surface area contributed by atoms with E-state index in [1.807, 2.05) is 46.3 Å². The summed E-state index contributed by atoms with van der Waals surface area (Å²) < 4.78 is 12.1. The fraction of sp³-hybridized carbons (Fsp3) is 0.130. The lowest BCUT2D eigenvalue weighted by Gasteiger charge is -2.13. The van der Waals surface area contributed by atoms with Gasteiger partial charge in [0, 0.05) is 5.69 Å². The first-order valence-electron chi connectivity index (χ1n) is 9.84. The molecule has 0 atom stereocenters. The number of ether oxygens (including phenoxy) is 2. The molecular formula is C23H20N4O4S2. The van der Waals surface area contributed by atoms with Gasteiger partial charge < -0.3 is 14.8 Å². The lowest BCUT2D eigenvalue weighted by atomic mass is 10.2. The largest absolute Gasteiger partial charge is 0.495 e. The van der Waals surface area contributed by atoms with Gasteiger partial charge in [0.1, 0.15) is 5.75 Å². The molecule has 1 N–H and O–H groups in total. The van der Waals surface area contributed by atoms with E-state index in [1.54, 1.807) is 42.7 Å². The van der Waals surface area contributed by atoms with Gasteiger partial charge in [-0.25, -0.2) is 4.79 Å². The molecule has 10 heteroatoms. The van der Waals surface area contributed by atoms with Crippen molar-refractivity contribution in [3.05, 3.63) is 71.6 Å². The number of carbonyl (C=O) groups is 2. The quantitative estimate of drug-likeness (QED) is 0.293. The van der Waals surface area contributed by atoms with Crippen molar-refractivity contribution in [2.75, 3.05) is 25.3 Å². The summed E-state index contributed by atoms with van der Waals surface area (Å²) in [6.07, 6.45) is 0. The Balaban J connectivity index is 1.54. The van der Waals surface area contributed by atoms with Crippen LogP contribution < -0.4 is 10.1 Å². The minimum absolute atomic E-state index is 0.122. The van der Waals surface area contributed by atoms with Crippen LogP contribution in [0, 0.1) is 0 Å². The molecule has 2 heterocycles. The topological polar surface area (TPSA) is 95.3 Å². The van der Waals surface area contributed by atoms with Crippen molar-refractivity contribution in [1.82, 2.24) is 14.8 Å². The second-order valence-electron chi connectivity index (χ2n) is 6.70. The molecule has 0 spiro atoms. The number of esters is 1. The summed E-state index contributed by atoms with van der Waals surface area (Å²) in [6.45, 7) is 0. The Morgan fingerprint density at radius 1 is 1.03 bits per heavy atom. The van der Waals surface area contributed by atoms with Crippen LogP contribution in [0.15, 0.2) is 71.2 Å². The maximum atomic E-state index is 12.6. The molecule has 1 amide bonds. The number of hydrogen-bond acceptors (Lipinski definition) is 8. The smallest absolute Gasteiger partial charge is 0.337 e. The van der Waals surface area contributed by atoms with Crippen LogP contribution in [0.3, 0.4) is 0 Å². The Hall–Kier alpha value is -3.63. The fourth-order valence-electron chi connectivity index (χ4n) is 3.10. The summed E-state index contributed by atoms with van der Waals surface area (Å²) in [5.41, 5.74) is 1.78. The number of nitrogens with one attached hydrogen (secondary N) is 1. The zero-order valence-electron chi connectivity index (χ0n) is 17.8. The molecule has 4 rings (SSSR count). The second kappa shape index (κ2) is 10.3. The van der Waals surface area contributed by atoms with Crippen LogP contribution in [0.4, 0.5) is 5.69 Å². The van der Waals surface area contributed by atoms with Crippen molar-refractivity contribution < 1.29 is 19.1 Å². The average molecular weight is 481 g/mol. The van der Waals surface area contributed by atoms with Gasteiger partial charge in [-0.05, 0) is 47.8 Å². The minimum atomic E-state index is -0.430. The second-order valence-corrected chi connectivity index (χ2v) is 8.59. The summed E-state index contributed by atoms with van der Waals surface area (Å²) in [4.78, 5) is 25.1. The number of benzene rings is 2. The van der Waals surface area contributed by atoms with E-state index in [1.165, 1.54) is 18.9 Å². The predicted molar refractivity (Wildman–Crippen MR) is 128 cm³/mol. The van der Waals surface area contributed by atoms with E-state index >= 15 is 0 Å². The van der Waals surface area contributed by atoms with E-state index in [2.05, 4.69) is 20.3 Å². The third-order valence-electron chi connectivity index (χ3n) is 4.62. The van der Waals surface area contributed by atoms with E-state index in [0.717, 1.165) is 10.6 Å². The zero-order valence-corrected chi connectivity index (χ0v) is 19.5. The maximum Gasteiger partial charge on any atom is 0.337 e. The van der Waals surface area contributed by atoms with E-state index in [9.17, 15) is 9.59 Å². The minimum Gasteiger partial charge on any atom is -0.495 e. The highest BCUT2D eigenvalue weighted by Gasteiger charge is 2.20. The monoisotopic (exact) mass is 480 g/mol. The van der Waals surface area contributed by atoms with Gasteiger partial charge in [-0.15, -0.1) is 21.5 Å². The lowest BCUT2D eigenvalue weighted by Crippen LogP contribution is -2.15. The molecule has 0 fully saturated rings. The number of thiophene rings is 1. The molecule has 0 radical (unpaired) electrons. The number of para-hydroxylation sites is 2. The van der Waals surface area contributed by atoms with Gasteiger partial charge in [0.15, 0.2) is 11.0 Å². The van der Waals surface area contributed by atoms with Crippen LogP contribution in [-0.2, 0) is 9.53 Å². The highest BCUT2D eigenvalue weighted by Crippen LogP contribution is 2.34. The lowest BCUT2D eigenvalue weighted by molar-refractivity contribution is -0.113. The highest BCUT2D eigenvalue weighted by molar-refractivity contribution is 7.99. The van der Waals surface area contributed by atoms with E-state index < -0.39 is 5.97 Å². The molecule has 168 valence electrons. The Kier molecular flexibility index (Phi) is 7.06. The van der Waals surface area contributed by atoms with Crippen molar-refractivity contribution >= 4 is 40.7 Å². The van der Waals surface area contributed by atoms with Crippen LogP contribution in [0.25, 0.3) is 16.4 Å². The van der Waals surface area contributed by atoms with Gasteiger partial charge in [0.2, 0.25) is 5.91 Å². The Labute approximate surface area is 198 Å². The third kappa shape index (κ3) is 5.07. The van der Waals surface area contributed by atoms with Crippen molar-refractivity contribution in [2.45, 2.75) is 5.16 Å². The number of methoxy groups -OCH3 is 2. The number of anilines is 1. The Bertz CT molecular complexity index is 1250. The van der Waals surface area contributed by atoms with Crippen molar-refractivity contribution in [3.8, 4) is 22.1 Å². The molecule has 0 unspecified atom stereocenters. The number of aromatic nitrogens is 3. The van der Waals surface area contributed by atoms with Gasteiger partial charge in [0.05, 0.1) is 36.1 Å². The summed E-state index contributed by atoms with van der Waals surface area (Å²) in [6, 6.07) is 18.0. The number of hydrogen-bond donors (Lipinski definition) is 1. The van der Waals surface area contributed by atoms with Crippen LogP contribution in [0.5, 0.6) is 5.75 Å². The molecule has 33 heavy (non-hydrogen) atoms. The Morgan fingerprint density at radius 2 is 1.82 bits per heavy atom. The summed E-state index contributed by atoms with van der Waals surface area (Å²) >= 11 is 2.83. The molecular weight excluding hydrogens is 460 g/mol. The van der Waals surface area contributed by atoms with Gasteiger partial charge in [-0.1, -0.05) is 30.0 Å². The molecule has 0 aliphatic heterocycles. The molecule has 0 aliphatic carbocycles. The molecule has 2 aromatic carbocycles. The predicted octanol–water partition coefficient (Wildman–Crippen LogP) is 4.52. The molecule has 0 aliphatic rings. The van der Waals surface area contributed by atoms with Gasteiger partial charge in [-0.3, -0.25) is 9.36 Å². The zero-order chi connectivity index (χ0) is 23.2. The first-order valence-corrected chi connectivity index (χ1v) is 11.7. The standard InChI is InChI=1S/C23H20N4O4S2/c1-30-18-7-4-3-6-17(18)27-21(19-8-5-13-32-19)25-26-23(27)33-14-20(28)24-16-11-9-15(10-12-16)22(29)31-2/h3-13H,14H2,1-2H3,(H,24,28). The van der Waals surface area contributed by atoms with Crippen LogP contribution in [0.2, 0.25) is 0 Å². The summed E-state index contributed by atoms with van der Waals surface area (Å²) in [5.74, 6) is 0.831. The number of amides is 1. The molecule has 8 nitrogen and oxygen atoms in total. The van der Waals surface area contributed by atoms with Crippen molar-refractivity contribution in [2.24, 2.45) is 0 Å². The molecule has 4 aromatic rings. The van der Waals surface area contributed by atoms with E-state index in [0.29, 0.717) is 28.0 Å². The molecule has 0 saturated heterocycles. The van der Waals surface area contributed by atoms with E-state index in [4.69, 9.17) is 4.74 Å². The van der Waals surface area contributed by atoms with Crippen molar-refractivity contribution in [1.29, 1.82) is 0 Å².